The summed E-state index contributed by atoms with van der Waals surface area (Å²) in [5.74, 6) is 1.49. The van der Waals surface area contributed by atoms with E-state index >= 15 is 0 Å². The highest BCUT2D eigenvalue weighted by atomic mass is 16.5. The molecule has 3 rings (SSSR count). The van der Waals surface area contributed by atoms with Crippen LogP contribution < -0.4 is 10.1 Å². The lowest BCUT2D eigenvalue weighted by Crippen LogP contribution is -2.30. The van der Waals surface area contributed by atoms with Crippen LogP contribution in [0, 0.1) is 5.92 Å². The molecule has 2 aromatic rings. The van der Waals surface area contributed by atoms with Crippen molar-refractivity contribution in [1.29, 1.82) is 0 Å². The minimum atomic E-state index is 0.150. The third-order valence-electron chi connectivity index (χ3n) is 4.48. The minimum absolute atomic E-state index is 0.150. The zero-order valence-electron chi connectivity index (χ0n) is 13.5. The maximum Gasteiger partial charge on any atom is 0.220 e. The van der Waals surface area contributed by atoms with E-state index in [0.717, 1.165) is 16.7 Å². The summed E-state index contributed by atoms with van der Waals surface area (Å²) in [6.45, 7) is 1.00. The molecule has 1 aliphatic carbocycles. The van der Waals surface area contributed by atoms with Crippen LogP contribution in [0.1, 0.15) is 38.5 Å². The average Bonchev–Trinajstić information content (AvgIpc) is 2.60. The Morgan fingerprint density at radius 3 is 2.87 bits per heavy atom. The van der Waals surface area contributed by atoms with Gasteiger partial charge in [0.1, 0.15) is 17.9 Å². The van der Waals surface area contributed by atoms with Crippen LogP contribution in [-0.2, 0) is 4.79 Å². The first-order valence-corrected chi connectivity index (χ1v) is 8.56. The number of ether oxygens (including phenoxy) is 1. The Morgan fingerprint density at radius 1 is 1.17 bits per heavy atom. The van der Waals surface area contributed by atoms with Gasteiger partial charge in [-0.05, 0) is 30.9 Å². The first-order chi connectivity index (χ1) is 11.3. The van der Waals surface area contributed by atoms with Gasteiger partial charge in [-0.1, -0.05) is 37.5 Å². The van der Waals surface area contributed by atoms with Crippen molar-refractivity contribution in [3.05, 3.63) is 36.5 Å². The molecule has 1 aliphatic rings. The van der Waals surface area contributed by atoms with Gasteiger partial charge in [-0.25, -0.2) is 0 Å². The molecule has 4 heteroatoms. The number of hydrogen-bond acceptors (Lipinski definition) is 3. The van der Waals surface area contributed by atoms with Crippen LogP contribution in [0.3, 0.4) is 0 Å². The van der Waals surface area contributed by atoms with E-state index in [1.807, 2.05) is 30.3 Å². The number of nitrogens with one attached hydrogen (secondary N) is 1. The molecule has 1 N–H and O–H groups in total. The molecule has 0 unspecified atom stereocenters. The number of fused-ring (bicyclic) bond motifs is 1. The van der Waals surface area contributed by atoms with E-state index in [4.69, 9.17) is 4.74 Å². The molecule has 1 saturated carbocycles. The Hall–Kier alpha value is -2.10. The number of carbonyl (C=O) groups is 1. The molecular weight excluding hydrogens is 288 g/mol. The van der Waals surface area contributed by atoms with Crippen LogP contribution >= 0.6 is 0 Å². The molecule has 1 heterocycles. The van der Waals surface area contributed by atoms with E-state index in [0.29, 0.717) is 25.5 Å². The first-order valence-electron chi connectivity index (χ1n) is 8.56. The third-order valence-corrected chi connectivity index (χ3v) is 4.48. The molecular formula is C19H24N2O2. The third kappa shape index (κ3) is 4.44. The summed E-state index contributed by atoms with van der Waals surface area (Å²) in [5.41, 5.74) is 0.864. The highest BCUT2D eigenvalue weighted by Gasteiger charge is 2.16. The summed E-state index contributed by atoms with van der Waals surface area (Å²) in [6.07, 6.45) is 8.70. The molecule has 0 atom stereocenters. The lowest BCUT2D eigenvalue weighted by molar-refractivity contribution is -0.122. The van der Waals surface area contributed by atoms with Crippen molar-refractivity contribution in [2.75, 3.05) is 13.2 Å². The molecule has 0 bridgehead atoms. The molecule has 0 radical (unpaired) electrons. The molecule has 0 aliphatic heterocycles. The number of rotatable bonds is 6. The fourth-order valence-corrected chi connectivity index (χ4v) is 3.27. The Morgan fingerprint density at radius 2 is 2.00 bits per heavy atom. The molecule has 23 heavy (non-hydrogen) atoms. The minimum Gasteiger partial charge on any atom is -0.489 e. The number of hydrogen-bond donors (Lipinski definition) is 1. The van der Waals surface area contributed by atoms with Gasteiger partial charge in [0, 0.05) is 18.0 Å². The molecule has 1 aromatic heterocycles. The zero-order valence-corrected chi connectivity index (χ0v) is 13.5. The largest absolute Gasteiger partial charge is 0.489 e. The van der Waals surface area contributed by atoms with E-state index in [-0.39, 0.29) is 5.91 Å². The molecule has 122 valence electrons. The van der Waals surface area contributed by atoms with Crippen LogP contribution in [0.25, 0.3) is 10.9 Å². The van der Waals surface area contributed by atoms with Crippen molar-refractivity contribution < 1.29 is 9.53 Å². The zero-order chi connectivity index (χ0) is 15.9. The standard InChI is InChI=1S/C19H24N2O2/c22-18(14-15-6-2-1-3-7-15)20-12-13-23-17-10-4-8-16-9-5-11-21-19(16)17/h4-5,8-11,15H,1-3,6-7,12-14H2,(H,20,22). The summed E-state index contributed by atoms with van der Waals surface area (Å²) in [5, 5.41) is 4.03. The molecule has 4 nitrogen and oxygen atoms in total. The van der Waals surface area contributed by atoms with Gasteiger partial charge in [-0.15, -0.1) is 0 Å². The normalized spacial score (nSPS) is 15.5. The van der Waals surface area contributed by atoms with Gasteiger partial charge in [-0.3, -0.25) is 9.78 Å². The smallest absolute Gasteiger partial charge is 0.220 e. The summed E-state index contributed by atoms with van der Waals surface area (Å²) in [7, 11) is 0. The van der Waals surface area contributed by atoms with Crippen molar-refractivity contribution in [2.45, 2.75) is 38.5 Å². The first kappa shape index (κ1) is 15.8. The number of pyridine rings is 1. The van der Waals surface area contributed by atoms with Crippen LogP contribution in [0.5, 0.6) is 5.75 Å². The van der Waals surface area contributed by atoms with E-state index in [1.54, 1.807) is 6.20 Å². The van der Waals surface area contributed by atoms with Gasteiger partial charge in [0.25, 0.3) is 0 Å². The van der Waals surface area contributed by atoms with Crippen molar-refractivity contribution in [2.24, 2.45) is 5.92 Å². The monoisotopic (exact) mass is 312 g/mol. The van der Waals surface area contributed by atoms with Gasteiger partial charge in [0.05, 0.1) is 6.54 Å². The molecule has 0 saturated heterocycles. The highest BCUT2D eigenvalue weighted by Crippen LogP contribution is 2.26. The number of aromatic nitrogens is 1. The predicted molar refractivity (Wildman–Crippen MR) is 91.4 cm³/mol. The van der Waals surface area contributed by atoms with Crippen LogP contribution in [0.15, 0.2) is 36.5 Å². The Bertz CT molecular complexity index is 645. The van der Waals surface area contributed by atoms with Gasteiger partial charge >= 0.3 is 0 Å². The van der Waals surface area contributed by atoms with Crippen molar-refractivity contribution in [3.63, 3.8) is 0 Å². The second kappa shape index (κ2) is 7.95. The van der Waals surface area contributed by atoms with E-state index in [2.05, 4.69) is 10.3 Å². The summed E-state index contributed by atoms with van der Waals surface area (Å²) >= 11 is 0. The van der Waals surface area contributed by atoms with Gasteiger partial charge in [0.15, 0.2) is 0 Å². The fourth-order valence-electron chi connectivity index (χ4n) is 3.27. The Labute approximate surface area is 137 Å². The lowest BCUT2D eigenvalue weighted by atomic mass is 9.87. The van der Waals surface area contributed by atoms with E-state index in [9.17, 15) is 4.79 Å². The van der Waals surface area contributed by atoms with Gasteiger partial charge < -0.3 is 10.1 Å². The topological polar surface area (TPSA) is 51.2 Å². The molecule has 1 amide bonds. The van der Waals surface area contributed by atoms with Crippen LogP contribution in [0.2, 0.25) is 0 Å². The maximum atomic E-state index is 12.0. The maximum absolute atomic E-state index is 12.0. The number of amides is 1. The van der Waals surface area contributed by atoms with E-state index < -0.39 is 0 Å². The van der Waals surface area contributed by atoms with Gasteiger partial charge in [0.2, 0.25) is 5.91 Å². The average molecular weight is 312 g/mol. The Kier molecular flexibility index (Phi) is 5.46. The predicted octanol–water partition coefficient (Wildman–Crippen LogP) is 3.70. The fraction of sp³-hybridized carbons (Fsp3) is 0.474. The van der Waals surface area contributed by atoms with Crippen molar-refractivity contribution >= 4 is 16.8 Å². The highest BCUT2D eigenvalue weighted by molar-refractivity contribution is 5.84. The SMILES string of the molecule is O=C(CC1CCCCC1)NCCOc1cccc2cccnc12. The number of benzene rings is 1. The van der Waals surface area contributed by atoms with Gasteiger partial charge in [-0.2, -0.15) is 0 Å². The quantitative estimate of drug-likeness (QED) is 0.827. The molecule has 1 fully saturated rings. The Balaban J connectivity index is 1.43. The van der Waals surface area contributed by atoms with Crippen LogP contribution in [0.4, 0.5) is 0 Å². The number of nitrogens with zero attached hydrogens (tertiary/aromatic N) is 1. The van der Waals surface area contributed by atoms with E-state index in [1.165, 1.54) is 32.1 Å². The summed E-state index contributed by atoms with van der Waals surface area (Å²) < 4.78 is 5.78. The molecule has 1 aromatic carbocycles. The van der Waals surface area contributed by atoms with Crippen molar-refractivity contribution in [3.8, 4) is 5.75 Å². The lowest BCUT2D eigenvalue weighted by Gasteiger charge is -2.20. The summed E-state index contributed by atoms with van der Waals surface area (Å²) in [6, 6.07) is 9.82. The van der Waals surface area contributed by atoms with Crippen molar-refractivity contribution in [1.82, 2.24) is 10.3 Å². The summed E-state index contributed by atoms with van der Waals surface area (Å²) in [4.78, 5) is 16.3. The second-order valence-electron chi connectivity index (χ2n) is 6.24. The van der Waals surface area contributed by atoms with Crippen LogP contribution in [-0.4, -0.2) is 24.0 Å². The number of carbonyl (C=O) groups excluding carboxylic acids is 1. The number of para-hydroxylation sites is 1. The molecule has 0 spiro atoms. The second-order valence-corrected chi connectivity index (χ2v) is 6.24.